The molecule has 0 radical (unpaired) electrons. The number of hydrogen-bond acceptors (Lipinski definition) is 3. The molecule has 1 aromatic rings. The molecule has 16 heavy (non-hydrogen) atoms. The van der Waals surface area contributed by atoms with Gasteiger partial charge in [-0.25, -0.2) is 0 Å². The molecule has 1 fully saturated rings. The number of rotatable bonds is 5. The number of likely N-dealkylation sites (N-methyl/N-ethyl adjacent to an activating group) is 1. The van der Waals surface area contributed by atoms with Crippen molar-refractivity contribution in [3.8, 4) is 0 Å². The number of aryl methyl sites for hydroxylation is 2. The molecule has 0 amide bonds. The van der Waals surface area contributed by atoms with Gasteiger partial charge in [0.1, 0.15) is 0 Å². The van der Waals surface area contributed by atoms with E-state index in [1.54, 1.807) is 0 Å². The Labute approximate surface area is 97.7 Å². The lowest BCUT2D eigenvalue weighted by Gasteiger charge is -2.17. The molecule has 1 atom stereocenters. The highest BCUT2D eigenvalue weighted by Gasteiger charge is 2.31. The Hall–Kier alpha value is -0.960. The first-order valence-electron chi connectivity index (χ1n) is 6.23. The van der Waals surface area contributed by atoms with Crippen LogP contribution in [-0.2, 0) is 6.42 Å². The van der Waals surface area contributed by atoms with Gasteiger partial charge in [-0.05, 0) is 39.2 Å². The van der Waals surface area contributed by atoms with Crippen LogP contribution < -0.4 is 5.32 Å². The Morgan fingerprint density at radius 2 is 2.19 bits per heavy atom. The fraction of sp³-hybridized carbons (Fsp3) is 0.692. The second kappa shape index (κ2) is 4.91. The number of nitrogens with one attached hydrogen (secondary N) is 1. The molecule has 0 aromatic carbocycles. The maximum atomic E-state index is 4.60. The van der Waals surface area contributed by atoms with Crippen molar-refractivity contribution in [2.24, 2.45) is 5.92 Å². The summed E-state index contributed by atoms with van der Waals surface area (Å²) < 4.78 is 0. The summed E-state index contributed by atoms with van der Waals surface area (Å²) >= 11 is 0. The molecule has 1 heterocycles. The van der Waals surface area contributed by atoms with Crippen molar-refractivity contribution in [3.05, 3.63) is 23.3 Å². The van der Waals surface area contributed by atoms with E-state index < -0.39 is 0 Å². The summed E-state index contributed by atoms with van der Waals surface area (Å²) in [5, 5.41) is 3.57. The Bertz CT molecular complexity index is 358. The van der Waals surface area contributed by atoms with Crippen LogP contribution in [0.4, 0.5) is 0 Å². The first kappa shape index (κ1) is 11.5. The van der Waals surface area contributed by atoms with Crippen molar-refractivity contribution in [1.82, 2.24) is 15.3 Å². The molecule has 0 spiro atoms. The maximum Gasteiger partial charge on any atom is 0.0634 e. The zero-order valence-electron chi connectivity index (χ0n) is 10.5. The summed E-state index contributed by atoms with van der Waals surface area (Å²) in [6.45, 7) is 7.27. The molecule has 3 heteroatoms. The predicted molar refractivity (Wildman–Crippen MR) is 65.4 cm³/mol. The van der Waals surface area contributed by atoms with Gasteiger partial charge in [0, 0.05) is 18.7 Å². The highest BCUT2D eigenvalue weighted by molar-refractivity contribution is 5.14. The van der Waals surface area contributed by atoms with Crippen molar-refractivity contribution in [2.45, 2.75) is 46.1 Å². The van der Waals surface area contributed by atoms with E-state index in [-0.39, 0.29) is 0 Å². The van der Waals surface area contributed by atoms with Crippen LogP contribution in [0.3, 0.4) is 0 Å². The summed E-state index contributed by atoms with van der Waals surface area (Å²) in [6, 6.07) is 0.597. The van der Waals surface area contributed by atoms with E-state index in [1.165, 1.54) is 12.8 Å². The minimum Gasteiger partial charge on any atom is -0.314 e. The Morgan fingerprint density at radius 1 is 1.44 bits per heavy atom. The zero-order valence-corrected chi connectivity index (χ0v) is 10.5. The Morgan fingerprint density at radius 3 is 2.81 bits per heavy atom. The van der Waals surface area contributed by atoms with Crippen molar-refractivity contribution in [1.29, 1.82) is 0 Å². The molecule has 0 aliphatic heterocycles. The molecule has 1 unspecified atom stereocenters. The zero-order chi connectivity index (χ0) is 11.5. The summed E-state index contributed by atoms with van der Waals surface area (Å²) in [7, 11) is 0. The maximum absolute atomic E-state index is 4.60. The second-order valence-electron chi connectivity index (χ2n) is 4.75. The minimum atomic E-state index is 0.597. The van der Waals surface area contributed by atoms with Crippen LogP contribution in [-0.4, -0.2) is 22.6 Å². The molecule has 88 valence electrons. The van der Waals surface area contributed by atoms with Crippen molar-refractivity contribution in [2.75, 3.05) is 6.54 Å². The molecule has 0 bridgehead atoms. The third-order valence-electron chi connectivity index (χ3n) is 3.24. The van der Waals surface area contributed by atoms with Gasteiger partial charge in [0.15, 0.2) is 0 Å². The number of nitrogens with zero attached hydrogens (tertiary/aromatic N) is 2. The molecule has 1 aliphatic carbocycles. The van der Waals surface area contributed by atoms with Crippen LogP contribution in [0, 0.1) is 19.8 Å². The smallest absolute Gasteiger partial charge is 0.0634 e. The average molecular weight is 219 g/mol. The van der Waals surface area contributed by atoms with Gasteiger partial charge in [0.25, 0.3) is 0 Å². The molecular weight excluding hydrogens is 198 g/mol. The molecule has 1 aromatic heterocycles. The third kappa shape index (κ3) is 2.79. The lowest BCUT2D eigenvalue weighted by Crippen LogP contribution is -2.33. The summed E-state index contributed by atoms with van der Waals surface area (Å²) in [6.07, 6.45) is 5.61. The van der Waals surface area contributed by atoms with Gasteiger partial charge in [0.05, 0.1) is 17.1 Å². The van der Waals surface area contributed by atoms with Crippen LogP contribution in [0.5, 0.6) is 0 Å². The van der Waals surface area contributed by atoms with Crippen LogP contribution in [0.25, 0.3) is 0 Å². The quantitative estimate of drug-likeness (QED) is 0.823. The van der Waals surface area contributed by atoms with Gasteiger partial charge < -0.3 is 5.32 Å². The summed E-state index contributed by atoms with van der Waals surface area (Å²) in [5.74, 6) is 0.863. The standard InChI is InChI=1S/C13H21N3/c1-4-14-13(11-5-6-11)7-12-10(3)15-8-9(2)16-12/h8,11,13-14H,4-7H2,1-3H3. The van der Waals surface area contributed by atoms with E-state index >= 15 is 0 Å². The lowest BCUT2D eigenvalue weighted by atomic mass is 10.1. The van der Waals surface area contributed by atoms with E-state index in [0.29, 0.717) is 6.04 Å². The molecule has 1 N–H and O–H groups in total. The fourth-order valence-electron chi connectivity index (χ4n) is 2.16. The van der Waals surface area contributed by atoms with Crippen LogP contribution in [0.1, 0.15) is 36.8 Å². The topological polar surface area (TPSA) is 37.8 Å². The SMILES string of the molecule is CCNC(Cc1nc(C)cnc1C)C1CC1. The molecule has 2 rings (SSSR count). The minimum absolute atomic E-state index is 0.597. The van der Waals surface area contributed by atoms with Gasteiger partial charge in [0.2, 0.25) is 0 Å². The monoisotopic (exact) mass is 219 g/mol. The highest BCUT2D eigenvalue weighted by atomic mass is 14.9. The number of hydrogen-bond donors (Lipinski definition) is 1. The summed E-state index contributed by atoms with van der Waals surface area (Å²) in [5.41, 5.74) is 3.26. The largest absolute Gasteiger partial charge is 0.314 e. The predicted octanol–water partition coefficient (Wildman–Crippen LogP) is 2.02. The van der Waals surface area contributed by atoms with E-state index in [4.69, 9.17) is 0 Å². The van der Waals surface area contributed by atoms with E-state index in [1.807, 2.05) is 13.1 Å². The van der Waals surface area contributed by atoms with Crippen LogP contribution in [0.2, 0.25) is 0 Å². The molecular formula is C13H21N3. The van der Waals surface area contributed by atoms with Crippen LogP contribution in [0.15, 0.2) is 6.20 Å². The van der Waals surface area contributed by atoms with Crippen molar-refractivity contribution in [3.63, 3.8) is 0 Å². The van der Waals surface area contributed by atoms with E-state index in [9.17, 15) is 0 Å². The van der Waals surface area contributed by atoms with E-state index in [2.05, 4.69) is 29.1 Å². The average Bonchev–Trinajstić information content (AvgIpc) is 3.06. The lowest BCUT2D eigenvalue weighted by molar-refractivity contribution is 0.466. The van der Waals surface area contributed by atoms with Crippen molar-refractivity contribution < 1.29 is 0 Å². The Balaban J connectivity index is 2.08. The van der Waals surface area contributed by atoms with Gasteiger partial charge in [-0.15, -0.1) is 0 Å². The van der Waals surface area contributed by atoms with Gasteiger partial charge >= 0.3 is 0 Å². The van der Waals surface area contributed by atoms with Gasteiger partial charge in [-0.1, -0.05) is 6.92 Å². The number of aromatic nitrogens is 2. The first-order valence-corrected chi connectivity index (χ1v) is 6.23. The first-order chi connectivity index (χ1) is 7.70. The third-order valence-corrected chi connectivity index (χ3v) is 3.24. The van der Waals surface area contributed by atoms with E-state index in [0.717, 1.165) is 36.0 Å². The van der Waals surface area contributed by atoms with Crippen LogP contribution >= 0.6 is 0 Å². The summed E-state index contributed by atoms with van der Waals surface area (Å²) in [4.78, 5) is 8.98. The van der Waals surface area contributed by atoms with Gasteiger partial charge in [-0.3, -0.25) is 9.97 Å². The van der Waals surface area contributed by atoms with Crippen molar-refractivity contribution >= 4 is 0 Å². The molecule has 1 aliphatic rings. The molecule has 0 saturated heterocycles. The van der Waals surface area contributed by atoms with Gasteiger partial charge in [-0.2, -0.15) is 0 Å². The highest BCUT2D eigenvalue weighted by Crippen LogP contribution is 2.34. The molecule has 3 nitrogen and oxygen atoms in total. The second-order valence-corrected chi connectivity index (χ2v) is 4.75. The fourth-order valence-corrected chi connectivity index (χ4v) is 2.16. The molecule has 1 saturated carbocycles. The Kier molecular flexibility index (Phi) is 3.54. The normalized spacial score (nSPS) is 17.4.